The maximum Gasteiger partial charge on any atom is 0.252 e. The number of benzene rings is 3. The number of hydrogen-bond acceptors (Lipinski definition) is 6. The molecule has 51 heavy (non-hydrogen) atoms. The molecule has 268 valence electrons. The second-order valence-corrected chi connectivity index (χ2v) is 14.8. The molecule has 8 nitrogen and oxygen atoms in total. The highest BCUT2D eigenvalue weighted by Gasteiger charge is 2.32. The van der Waals surface area contributed by atoms with E-state index in [1.807, 2.05) is 86.0 Å². The Morgan fingerprint density at radius 1 is 0.922 bits per heavy atom. The van der Waals surface area contributed by atoms with E-state index in [2.05, 4.69) is 43.0 Å². The second-order valence-electron chi connectivity index (χ2n) is 14.8. The number of ether oxygens (including phenoxy) is 1. The van der Waals surface area contributed by atoms with Gasteiger partial charge < -0.3 is 19.7 Å². The van der Waals surface area contributed by atoms with Gasteiger partial charge >= 0.3 is 0 Å². The molecule has 5 rings (SSSR count). The van der Waals surface area contributed by atoms with Crippen molar-refractivity contribution in [2.75, 3.05) is 19.7 Å². The van der Waals surface area contributed by atoms with Gasteiger partial charge in [0.15, 0.2) is 5.82 Å². The summed E-state index contributed by atoms with van der Waals surface area (Å²) in [5.41, 5.74) is 6.17. The predicted molar refractivity (Wildman–Crippen MR) is 203 cm³/mol. The lowest BCUT2D eigenvalue weighted by atomic mass is 9.85. The van der Waals surface area contributed by atoms with Gasteiger partial charge in [0.25, 0.3) is 5.91 Å². The van der Waals surface area contributed by atoms with E-state index in [0.29, 0.717) is 37.3 Å². The lowest BCUT2D eigenvalue weighted by molar-refractivity contribution is -0.132. The molecule has 1 saturated heterocycles. The molecular formula is C43H52N4O4. The second kappa shape index (κ2) is 17.4. The van der Waals surface area contributed by atoms with E-state index in [4.69, 9.17) is 4.74 Å². The molecule has 0 unspecified atom stereocenters. The monoisotopic (exact) mass is 688 g/mol. The van der Waals surface area contributed by atoms with Crippen LogP contribution in [0.1, 0.15) is 93.3 Å². The molecule has 0 bridgehead atoms. The van der Waals surface area contributed by atoms with Crippen molar-refractivity contribution in [1.82, 2.24) is 20.2 Å². The Balaban J connectivity index is 1.24. The van der Waals surface area contributed by atoms with Gasteiger partial charge in [0.1, 0.15) is 18.1 Å². The number of likely N-dealkylation sites (tertiary alicyclic amines) is 1. The summed E-state index contributed by atoms with van der Waals surface area (Å²) in [7, 11) is 0. The minimum absolute atomic E-state index is 0.0445. The fourth-order valence-corrected chi connectivity index (χ4v) is 6.43. The fraction of sp³-hybridized carbons (Fsp3) is 0.419. The third-order valence-corrected chi connectivity index (χ3v) is 9.68. The van der Waals surface area contributed by atoms with Crippen LogP contribution in [0.4, 0.5) is 0 Å². The van der Waals surface area contributed by atoms with E-state index in [0.717, 1.165) is 58.4 Å². The summed E-state index contributed by atoms with van der Waals surface area (Å²) in [4.78, 5) is 49.7. The lowest BCUT2D eigenvalue weighted by Gasteiger charge is -2.25. The van der Waals surface area contributed by atoms with E-state index < -0.39 is 6.04 Å². The van der Waals surface area contributed by atoms with Crippen LogP contribution < -0.4 is 10.1 Å². The van der Waals surface area contributed by atoms with Crippen LogP contribution in [0.15, 0.2) is 79.1 Å². The maximum absolute atomic E-state index is 13.8. The molecule has 2 atom stereocenters. The topological polar surface area (TPSA) is 101 Å². The summed E-state index contributed by atoms with van der Waals surface area (Å²) >= 11 is 0. The van der Waals surface area contributed by atoms with Gasteiger partial charge in [0.05, 0.1) is 6.61 Å². The highest BCUT2D eigenvalue weighted by Crippen LogP contribution is 2.26. The average molecular weight is 689 g/mol. The lowest BCUT2D eigenvalue weighted by Crippen LogP contribution is -2.49. The van der Waals surface area contributed by atoms with Gasteiger partial charge in [-0.05, 0) is 65.6 Å². The standard InChI is InChI=1S/C43H52N4O4/c1-6-7-8-9-10-23-51-37-18-15-33(16-19-37)35-26-44-40(45-27-35)34-13-11-31(12-14-34)25-39(42(50)47-22-21-32(28-47)29-48)46-41(49)38-20-17-36(24-30(38)2)43(3,4)5/h11-20,24,26-27,29,32,39H,6-10,21-23,25,28H2,1-5H3,(H,46,49)/t32-,39-/m0/s1. The number of aldehydes is 1. The molecule has 8 heteroatoms. The molecule has 0 radical (unpaired) electrons. The number of carbonyl (C=O) groups excluding carboxylic acids is 3. The zero-order valence-corrected chi connectivity index (χ0v) is 30.8. The van der Waals surface area contributed by atoms with Gasteiger partial charge in [-0.1, -0.05) is 102 Å². The van der Waals surface area contributed by atoms with Crippen molar-refractivity contribution in [2.24, 2.45) is 5.92 Å². The first kappa shape index (κ1) is 37.4. The van der Waals surface area contributed by atoms with Crippen LogP contribution in [0.25, 0.3) is 22.5 Å². The quantitative estimate of drug-likeness (QED) is 0.1000. The Bertz CT molecular complexity index is 1760. The molecule has 0 saturated carbocycles. The van der Waals surface area contributed by atoms with Gasteiger partial charge in [0.2, 0.25) is 5.91 Å². The first-order chi connectivity index (χ1) is 24.5. The number of nitrogens with zero attached hydrogens (tertiary/aromatic N) is 3. The van der Waals surface area contributed by atoms with Crippen LogP contribution in [-0.4, -0.2) is 58.7 Å². The normalized spacial score (nSPS) is 15.0. The Morgan fingerprint density at radius 2 is 1.61 bits per heavy atom. The van der Waals surface area contributed by atoms with Gasteiger partial charge in [-0.3, -0.25) is 9.59 Å². The van der Waals surface area contributed by atoms with Crippen molar-refractivity contribution >= 4 is 18.1 Å². The number of rotatable bonds is 15. The van der Waals surface area contributed by atoms with E-state index in [-0.39, 0.29) is 23.1 Å². The first-order valence-corrected chi connectivity index (χ1v) is 18.4. The Kier molecular flexibility index (Phi) is 12.8. The number of amides is 2. The highest BCUT2D eigenvalue weighted by atomic mass is 16.5. The smallest absolute Gasteiger partial charge is 0.252 e. The molecule has 1 N–H and O–H groups in total. The van der Waals surface area contributed by atoms with Gasteiger partial charge in [-0.25, -0.2) is 9.97 Å². The minimum atomic E-state index is -0.784. The Labute approximate surface area is 303 Å². The number of aromatic nitrogens is 2. The summed E-state index contributed by atoms with van der Waals surface area (Å²) in [6.07, 6.45) is 11.6. The highest BCUT2D eigenvalue weighted by molar-refractivity contribution is 5.99. The number of aryl methyl sites for hydroxylation is 1. The minimum Gasteiger partial charge on any atom is -0.494 e. The Hall–Kier alpha value is -4.85. The molecular weight excluding hydrogens is 636 g/mol. The van der Waals surface area contributed by atoms with E-state index >= 15 is 0 Å². The summed E-state index contributed by atoms with van der Waals surface area (Å²) in [5, 5.41) is 3.03. The van der Waals surface area contributed by atoms with Crippen molar-refractivity contribution in [3.63, 3.8) is 0 Å². The predicted octanol–water partition coefficient (Wildman–Crippen LogP) is 8.15. The van der Waals surface area contributed by atoms with Crippen molar-refractivity contribution < 1.29 is 19.1 Å². The summed E-state index contributed by atoms with van der Waals surface area (Å²) in [6, 6.07) is 20.9. The van der Waals surface area contributed by atoms with Gasteiger partial charge in [-0.15, -0.1) is 0 Å². The molecule has 0 spiro atoms. The number of nitrogens with one attached hydrogen (secondary N) is 1. The average Bonchev–Trinajstić information content (AvgIpc) is 3.62. The van der Waals surface area contributed by atoms with Crippen LogP contribution in [0.2, 0.25) is 0 Å². The van der Waals surface area contributed by atoms with Crippen LogP contribution in [-0.2, 0) is 21.4 Å². The van der Waals surface area contributed by atoms with E-state index in [1.54, 1.807) is 4.90 Å². The van der Waals surface area contributed by atoms with Crippen molar-refractivity contribution in [1.29, 1.82) is 0 Å². The third kappa shape index (κ3) is 10.1. The molecule has 2 amide bonds. The van der Waals surface area contributed by atoms with Crippen molar-refractivity contribution in [2.45, 2.75) is 91.0 Å². The molecule has 0 aliphatic carbocycles. The number of hydrogen-bond donors (Lipinski definition) is 1. The number of unbranched alkanes of at least 4 members (excludes halogenated alkanes) is 4. The zero-order chi connectivity index (χ0) is 36.4. The van der Waals surface area contributed by atoms with E-state index in [9.17, 15) is 14.4 Å². The van der Waals surface area contributed by atoms with Gasteiger partial charge in [-0.2, -0.15) is 0 Å². The van der Waals surface area contributed by atoms with Crippen molar-refractivity contribution in [3.8, 4) is 28.3 Å². The summed E-state index contributed by atoms with van der Waals surface area (Å²) in [5.74, 6) is 0.821. The largest absolute Gasteiger partial charge is 0.494 e. The molecule has 1 aliphatic heterocycles. The van der Waals surface area contributed by atoms with Crippen LogP contribution in [0.3, 0.4) is 0 Å². The summed E-state index contributed by atoms with van der Waals surface area (Å²) in [6.45, 7) is 12.2. The molecule has 1 fully saturated rings. The van der Waals surface area contributed by atoms with Crippen LogP contribution in [0.5, 0.6) is 5.75 Å². The van der Waals surface area contributed by atoms with Crippen LogP contribution in [0, 0.1) is 12.8 Å². The number of carbonyl (C=O) groups is 3. The Morgan fingerprint density at radius 3 is 2.24 bits per heavy atom. The van der Waals surface area contributed by atoms with Gasteiger partial charge in [0, 0.05) is 54.5 Å². The van der Waals surface area contributed by atoms with Crippen LogP contribution >= 0.6 is 0 Å². The van der Waals surface area contributed by atoms with E-state index in [1.165, 1.54) is 25.7 Å². The molecule has 3 aromatic carbocycles. The molecule has 4 aromatic rings. The third-order valence-electron chi connectivity index (χ3n) is 9.68. The fourth-order valence-electron chi connectivity index (χ4n) is 6.43. The maximum atomic E-state index is 13.8. The summed E-state index contributed by atoms with van der Waals surface area (Å²) < 4.78 is 5.91. The molecule has 1 aromatic heterocycles. The van der Waals surface area contributed by atoms with Crippen molar-refractivity contribution in [3.05, 3.63) is 101 Å². The zero-order valence-electron chi connectivity index (χ0n) is 30.8. The SMILES string of the molecule is CCCCCCCOc1ccc(-c2cnc(-c3ccc(C[C@H](NC(=O)c4ccc(C(C)(C)C)cc4C)C(=O)N4CC[C@H](C=O)C4)cc3)nc2)cc1. The molecule has 1 aliphatic rings. The molecule has 2 heterocycles. The first-order valence-electron chi connectivity index (χ1n) is 18.4.